The molecule has 0 saturated heterocycles. The summed E-state index contributed by atoms with van der Waals surface area (Å²) in [5.74, 6) is 1.53. The van der Waals surface area contributed by atoms with Gasteiger partial charge in [-0.15, -0.1) is 11.3 Å². The highest BCUT2D eigenvalue weighted by atomic mass is 35.5. The zero-order chi connectivity index (χ0) is 17.8. The molecule has 1 aromatic carbocycles. The number of thiazole rings is 1. The van der Waals surface area contributed by atoms with E-state index in [9.17, 15) is 0 Å². The molecular formula is C18H17ClN6S. The van der Waals surface area contributed by atoms with Gasteiger partial charge in [0.05, 0.1) is 5.69 Å². The fraction of sp³-hybridized carbons (Fsp3) is 0.167. The Morgan fingerprint density at radius 2 is 2.00 bits per heavy atom. The summed E-state index contributed by atoms with van der Waals surface area (Å²) >= 11 is 7.49. The van der Waals surface area contributed by atoms with E-state index in [1.807, 2.05) is 41.8 Å². The summed E-state index contributed by atoms with van der Waals surface area (Å²) in [6.07, 6.45) is 2.82. The molecule has 0 fully saturated rings. The maximum atomic E-state index is 5.95. The SMILES string of the molecule is Clc1ccc(Nc2ncccc2-c2csc(NC3=NCCCN3)n2)cc1. The minimum atomic E-state index is 0.700. The number of nitrogens with zero attached hydrogens (tertiary/aromatic N) is 3. The summed E-state index contributed by atoms with van der Waals surface area (Å²) in [6.45, 7) is 1.77. The number of pyridine rings is 1. The average Bonchev–Trinajstić information content (AvgIpc) is 3.13. The van der Waals surface area contributed by atoms with Crippen LogP contribution in [0.5, 0.6) is 0 Å². The summed E-state index contributed by atoms with van der Waals surface area (Å²) < 4.78 is 0. The number of benzene rings is 1. The second-order valence-corrected chi connectivity index (χ2v) is 7.00. The highest BCUT2D eigenvalue weighted by molar-refractivity contribution is 7.14. The quantitative estimate of drug-likeness (QED) is 0.623. The van der Waals surface area contributed by atoms with Gasteiger partial charge in [0.25, 0.3) is 0 Å². The van der Waals surface area contributed by atoms with Gasteiger partial charge in [-0.05, 0) is 42.8 Å². The zero-order valence-electron chi connectivity index (χ0n) is 13.9. The third-order valence-corrected chi connectivity index (χ3v) is 4.83. The molecule has 0 unspecified atom stereocenters. The number of guanidine groups is 1. The average molecular weight is 385 g/mol. The normalized spacial score (nSPS) is 13.7. The highest BCUT2D eigenvalue weighted by Gasteiger charge is 2.12. The van der Waals surface area contributed by atoms with Crippen molar-refractivity contribution in [3.05, 3.63) is 53.0 Å². The van der Waals surface area contributed by atoms with E-state index in [1.165, 1.54) is 11.3 Å². The molecule has 0 aliphatic carbocycles. The van der Waals surface area contributed by atoms with E-state index in [-0.39, 0.29) is 0 Å². The molecule has 4 rings (SSSR count). The number of aromatic nitrogens is 2. The van der Waals surface area contributed by atoms with Gasteiger partial charge in [0.15, 0.2) is 11.1 Å². The molecule has 26 heavy (non-hydrogen) atoms. The van der Waals surface area contributed by atoms with Gasteiger partial charge in [-0.3, -0.25) is 4.99 Å². The Balaban J connectivity index is 1.56. The van der Waals surface area contributed by atoms with Crippen LogP contribution in [0.2, 0.25) is 5.02 Å². The Kier molecular flexibility index (Phi) is 4.99. The number of halogens is 1. The van der Waals surface area contributed by atoms with Crippen LogP contribution in [-0.2, 0) is 0 Å². The van der Waals surface area contributed by atoms with E-state index in [0.717, 1.165) is 53.4 Å². The summed E-state index contributed by atoms with van der Waals surface area (Å²) in [4.78, 5) is 13.6. The second-order valence-electron chi connectivity index (χ2n) is 5.71. The number of rotatable bonds is 4. The summed E-state index contributed by atoms with van der Waals surface area (Å²) in [5.41, 5.74) is 2.72. The van der Waals surface area contributed by atoms with Crippen molar-refractivity contribution in [3.8, 4) is 11.3 Å². The molecule has 2 aromatic heterocycles. The van der Waals surface area contributed by atoms with E-state index in [0.29, 0.717) is 5.02 Å². The Labute approximate surface area is 160 Å². The molecule has 6 nitrogen and oxygen atoms in total. The summed E-state index contributed by atoms with van der Waals surface area (Å²) in [6, 6.07) is 11.4. The van der Waals surface area contributed by atoms with Crippen LogP contribution >= 0.6 is 22.9 Å². The van der Waals surface area contributed by atoms with Crippen molar-refractivity contribution in [2.24, 2.45) is 4.99 Å². The van der Waals surface area contributed by atoms with Crippen LogP contribution < -0.4 is 16.0 Å². The molecule has 8 heteroatoms. The van der Waals surface area contributed by atoms with E-state index in [1.54, 1.807) is 6.20 Å². The molecule has 1 aliphatic rings. The first kappa shape index (κ1) is 16.8. The molecule has 0 atom stereocenters. The van der Waals surface area contributed by atoms with Crippen molar-refractivity contribution >= 4 is 45.5 Å². The van der Waals surface area contributed by atoms with E-state index in [2.05, 4.69) is 30.9 Å². The molecule has 0 saturated carbocycles. The Bertz CT molecular complexity index is 921. The van der Waals surface area contributed by atoms with Crippen LogP contribution in [0.1, 0.15) is 6.42 Å². The van der Waals surface area contributed by atoms with Gasteiger partial charge < -0.3 is 16.0 Å². The van der Waals surface area contributed by atoms with Gasteiger partial charge in [-0.2, -0.15) is 0 Å². The molecule has 0 radical (unpaired) electrons. The van der Waals surface area contributed by atoms with Gasteiger partial charge >= 0.3 is 0 Å². The fourth-order valence-electron chi connectivity index (χ4n) is 2.55. The van der Waals surface area contributed by atoms with Gasteiger partial charge in [-0.1, -0.05) is 11.6 Å². The van der Waals surface area contributed by atoms with Crippen LogP contribution in [0.3, 0.4) is 0 Å². The molecular weight excluding hydrogens is 368 g/mol. The molecule has 0 spiro atoms. The number of aliphatic imine (C=N–C) groups is 1. The van der Waals surface area contributed by atoms with Crippen molar-refractivity contribution in [3.63, 3.8) is 0 Å². The molecule has 1 aliphatic heterocycles. The van der Waals surface area contributed by atoms with Crippen LogP contribution in [0, 0.1) is 0 Å². The minimum absolute atomic E-state index is 0.700. The van der Waals surface area contributed by atoms with Crippen LogP contribution in [0.25, 0.3) is 11.3 Å². The largest absolute Gasteiger partial charge is 0.356 e. The zero-order valence-corrected chi connectivity index (χ0v) is 15.4. The lowest BCUT2D eigenvalue weighted by Crippen LogP contribution is -2.35. The predicted octanol–water partition coefficient (Wildman–Crippen LogP) is 4.36. The second kappa shape index (κ2) is 7.72. The lowest BCUT2D eigenvalue weighted by molar-refractivity contribution is 0.740. The minimum Gasteiger partial charge on any atom is -0.356 e. The third-order valence-electron chi connectivity index (χ3n) is 3.82. The van der Waals surface area contributed by atoms with Gasteiger partial charge in [0, 0.05) is 40.9 Å². The first-order valence-electron chi connectivity index (χ1n) is 8.27. The standard InChI is InChI=1S/C18H17ClN6S/c19-12-4-6-13(7-5-12)23-16-14(3-1-8-20-16)15-11-26-18(24-15)25-17-21-9-2-10-22-17/h1,3-8,11H,2,9-10H2,(H,20,23)(H2,21,22,24,25). The van der Waals surface area contributed by atoms with Crippen LogP contribution in [-0.4, -0.2) is 29.0 Å². The third kappa shape index (κ3) is 3.95. The number of hydrogen-bond acceptors (Lipinski definition) is 7. The fourth-order valence-corrected chi connectivity index (χ4v) is 3.39. The van der Waals surface area contributed by atoms with Crippen LogP contribution in [0.4, 0.5) is 16.6 Å². The van der Waals surface area contributed by atoms with Crippen molar-refractivity contribution in [1.82, 2.24) is 15.3 Å². The van der Waals surface area contributed by atoms with Gasteiger partial charge in [0.2, 0.25) is 0 Å². The predicted molar refractivity (Wildman–Crippen MR) is 109 cm³/mol. The highest BCUT2D eigenvalue weighted by Crippen LogP contribution is 2.31. The maximum absolute atomic E-state index is 5.95. The van der Waals surface area contributed by atoms with Crippen molar-refractivity contribution < 1.29 is 0 Å². The van der Waals surface area contributed by atoms with E-state index < -0.39 is 0 Å². The molecule has 3 N–H and O–H groups in total. The summed E-state index contributed by atoms with van der Waals surface area (Å²) in [5, 5.41) is 13.3. The van der Waals surface area contributed by atoms with Gasteiger partial charge in [0.1, 0.15) is 5.82 Å². The topological polar surface area (TPSA) is 74.2 Å². The molecule has 132 valence electrons. The molecule has 0 bridgehead atoms. The Hall–Kier alpha value is -2.64. The van der Waals surface area contributed by atoms with E-state index in [4.69, 9.17) is 11.6 Å². The Morgan fingerprint density at radius 3 is 2.81 bits per heavy atom. The smallest absolute Gasteiger partial charge is 0.197 e. The lowest BCUT2D eigenvalue weighted by Gasteiger charge is -2.14. The number of anilines is 3. The number of hydrogen-bond donors (Lipinski definition) is 3. The number of nitrogens with one attached hydrogen (secondary N) is 3. The van der Waals surface area contributed by atoms with Crippen molar-refractivity contribution in [1.29, 1.82) is 0 Å². The summed E-state index contributed by atoms with van der Waals surface area (Å²) in [7, 11) is 0. The first-order chi connectivity index (χ1) is 12.8. The Morgan fingerprint density at radius 1 is 1.12 bits per heavy atom. The van der Waals surface area contributed by atoms with Crippen molar-refractivity contribution in [2.75, 3.05) is 23.7 Å². The van der Waals surface area contributed by atoms with E-state index >= 15 is 0 Å². The maximum Gasteiger partial charge on any atom is 0.197 e. The monoisotopic (exact) mass is 384 g/mol. The molecule has 0 amide bonds. The van der Waals surface area contributed by atoms with Crippen LogP contribution in [0.15, 0.2) is 53.0 Å². The van der Waals surface area contributed by atoms with Gasteiger partial charge in [-0.25, -0.2) is 9.97 Å². The first-order valence-corrected chi connectivity index (χ1v) is 9.52. The molecule has 3 aromatic rings. The lowest BCUT2D eigenvalue weighted by atomic mass is 10.2. The van der Waals surface area contributed by atoms with Crippen molar-refractivity contribution in [2.45, 2.75) is 6.42 Å². The molecule has 3 heterocycles.